The van der Waals surface area contributed by atoms with Crippen molar-refractivity contribution in [1.82, 2.24) is 4.90 Å². The van der Waals surface area contributed by atoms with Crippen molar-refractivity contribution in [1.29, 1.82) is 0 Å². The predicted octanol–water partition coefficient (Wildman–Crippen LogP) is 9.90. The highest BCUT2D eigenvalue weighted by Gasteiger charge is 2.46. The van der Waals surface area contributed by atoms with Crippen LogP contribution in [0.25, 0.3) is 10.4 Å². The van der Waals surface area contributed by atoms with E-state index in [0.29, 0.717) is 13.0 Å². The van der Waals surface area contributed by atoms with Gasteiger partial charge < -0.3 is 25.0 Å². The lowest BCUT2D eigenvalue weighted by Gasteiger charge is -2.45. The summed E-state index contributed by atoms with van der Waals surface area (Å²) >= 11 is 0. The van der Waals surface area contributed by atoms with E-state index in [1.54, 1.807) is 4.90 Å². The first-order valence-corrected chi connectivity index (χ1v) is 20.0. The van der Waals surface area contributed by atoms with Crippen molar-refractivity contribution in [2.45, 2.75) is 224 Å². The van der Waals surface area contributed by atoms with Gasteiger partial charge in [-0.15, -0.1) is 0 Å². The molecule has 1 heterocycles. The molecule has 1 amide bonds. The summed E-state index contributed by atoms with van der Waals surface area (Å²) in [5.41, 5.74) is 8.75. The lowest BCUT2D eigenvalue weighted by atomic mass is 9.97. The highest BCUT2D eigenvalue weighted by Crippen LogP contribution is 2.26. The van der Waals surface area contributed by atoms with E-state index in [9.17, 15) is 20.1 Å². The van der Waals surface area contributed by atoms with Crippen LogP contribution in [0, 0.1) is 0 Å². The largest absolute Gasteiger partial charge is 0.388 e. The molecule has 3 N–H and O–H groups in total. The Morgan fingerprint density at radius 3 is 1.38 bits per heavy atom. The van der Waals surface area contributed by atoms with Crippen LogP contribution in [0.1, 0.15) is 194 Å². The van der Waals surface area contributed by atoms with Gasteiger partial charge in [-0.1, -0.05) is 179 Å². The number of aliphatic hydroxyl groups excluding tert-OH is 3. The smallest absolute Gasteiger partial charge is 0.224 e. The zero-order valence-corrected chi connectivity index (χ0v) is 30.5. The molecule has 0 radical (unpaired) electrons. The van der Waals surface area contributed by atoms with Gasteiger partial charge in [0, 0.05) is 17.9 Å². The van der Waals surface area contributed by atoms with Crippen LogP contribution in [0.3, 0.4) is 0 Å². The van der Waals surface area contributed by atoms with Gasteiger partial charge in [-0.05, 0) is 18.4 Å². The summed E-state index contributed by atoms with van der Waals surface area (Å²) in [6.45, 7) is 4.75. The molecule has 1 aliphatic heterocycles. The molecule has 1 fully saturated rings. The molecule has 9 nitrogen and oxygen atoms in total. The van der Waals surface area contributed by atoms with Crippen LogP contribution in [-0.2, 0) is 9.53 Å². The molecule has 0 aromatic carbocycles. The fraction of sp³-hybridized carbons (Fsp3) is 0.974. The molecular weight excluding hydrogens is 592 g/mol. The van der Waals surface area contributed by atoms with Gasteiger partial charge in [0.05, 0.1) is 12.6 Å². The average molecular weight is 667 g/mol. The van der Waals surface area contributed by atoms with E-state index in [1.807, 2.05) is 0 Å². The van der Waals surface area contributed by atoms with E-state index in [1.165, 1.54) is 135 Å². The number of azide groups is 1. The molecule has 1 rings (SSSR count). The van der Waals surface area contributed by atoms with E-state index in [4.69, 9.17) is 10.3 Å². The molecule has 1 aliphatic rings. The molecule has 0 aromatic heterocycles. The second kappa shape index (κ2) is 30.7. The van der Waals surface area contributed by atoms with Crippen molar-refractivity contribution in [3.8, 4) is 0 Å². The van der Waals surface area contributed by atoms with Crippen LogP contribution in [-0.4, -0.2) is 69.9 Å². The van der Waals surface area contributed by atoms with Gasteiger partial charge in [0.15, 0.2) is 6.23 Å². The Kier molecular flexibility index (Phi) is 28.5. The van der Waals surface area contributed by atoms with E-state index in [2.05, 4.69) is 23.9 Å². The maximum absolute atomic E-state index is 13.5. The van der Waals surface area contributed by atoms with Crippen LogP contribution in [0.4, 0.5) is 0 Å². The van der Waals surface area contributed by atoms with E-state index >= 15 is 0 Å². The van der Waals surface area contributed by atoms with E-state index < -0.39 is 30.6 Å². The summed E-state index contributed by atoms with van der Waals surface area (Å²) in [6.07, 6.45) is 27.4. The topological polar surface area (TPSA) is 139 Å². The van der Waals surface area contributed by atoms with Crippen LogP contribution >= 0.6 is 0 Å². The molecule has 5 atom stereocenters. The second-order valence-corrected chi connectivity index (χ2v) is 14.1. The summed E-state index contributed by atoms with van der Waals surface area (Å²) in [5, 5.41) is 35.3. The SMILES string of the molecule is CCCCCCCCCCCCCCCCCC(=O)N(CCCCCCCCCCCCCC)[C@@H]1O[C@H](CN=[N+]=[N-])[C@@H](O)[C@H](O)[C@H]1O. The van der Waals surface area contributed by atoms with Crippen molar-refractivity contribution in [3.05, 3.63) is 10.4 Å². The molecule has 1 saturated heterocycles. The van der Waals surface area contributed by atoms with Crippen molar-refractivity contribution in [2.24, 2.45) is 5.11 Å². The van der Waals surface area contributed by atoms with Crippen molar-refractivity contribution in [3.63, 3.8) is 0 Å². The van der Waals surface area contributed by atoms with E-state index in [0.717, 1.165) is 38.5 Å². The van der Waals surface area contributed by atoms with Gasteiger partial charge in [-0.2, -0.15) is 0 Å². The summed E-state index contributed by atoms with van der Waals surface area (Å²) < 4.78 is 5.93. The van der Waals surface area contributed by atoms with Gasteiger partial charge >= 0.3 is 0 Å². The molecule has 0 aliphatic carbocycles. The summed E-state index contributed by atoms with van der Waals surface area (Å²) in [5.74, 6) is -0.0991. The number of carbonyl (C=O) groups is 1. The standard InChI is InChI=1S/C38H74N4O5/c1-3-5-7-9-11-13-15-17-18-19-20-22-24-26-28-30-34(43)42(31-29-27-25-23-21-16-14-12-10-8-6-4-2)38-37(46)36(45)35(44)33(47-38)32-40-41-39/h33,35-38,44-46H,3-32H2,1-2H3/t33-,35-,36+,37-,38-/m1/s1. The zero-order valence-electron chi connectivity index (χ0n) is 30.5. The monoisotopic (exact) mass is 667 g/mol. The fourth-order valence-electron chi connectivity index (χ4n) is 6.76. The first-order valence-electron chi connectivity index (χ1n) is 20.0. The highest BCUT2D eigenvalue weighted by atomic mass is 16.6. The third-order valence-electron chi connectivity index (χ3n) is 9.89. The van der Waals surface area contributed by atoms with Crippen molar-refractivity contribution < 1.29 is 24.9 Å². The summed E-state index contributed by atoms with van der Waals surface area (Å²) in [6, 6.07) is 0. The number of amides is 1. The minimum Gasteiger partial charge on any atom is -0.388 e. The average Bonchev–Trinajstić information content (AvgIpc) is 3.07. The van der Waals surface area contributed by atoms with Crippen LogP contribution in [0.5, 0.6) is 0 Å². The van der Waals surface area contributed by atoms with Crippen LogP contribution in [0.15, 0.2) is 5.11 Å². The summed E-state index contributed by atoms with van der Waals surface area (Å²) in [7, 11) is 0. The molecular formula is C38H74N4O5. The van der Waals surface area contributed by atoms with Gasteiger partial charge in [0.25, 0.3) is 0 Å². The first kappa shape index (κ1) is 43.6. The van der Waals surface area contributed by atoms with E-state index in [-0.39, 0.29) is 12.5 Å². The third kappa shape index (κ3) is 21.3. The number of hydrogen-bond acceptors (Lipinski definition) is 6. The van der Waals surface area contributed by atoms with Gasteiger partial charge in [0.2, 0.25) is 5.91 Å². The molecule has 0 bridgehead atoms. The lowest BCUT2D eigenvalue weighted by Crippen LogP contribution is -2.64. The number of aliphatic hydroxyl groups is 3. The number of rotatable bonds is 32. The number of hydrogen-bond donors (Lipinski definition) is 3. The Balaban J connectivity index is 2.42. The molecule has 9 heteroatoms. The normalized spacial score (nSPS) is 21.1. The Hall–Kier alpha value is -1.38. The Morgan fingerprint density at radius 1 is 0.596 bits per heavy atom. The quantitative estimate of drug-likeness (QED) is 0.0284. The highest BCUT2D eigenvalue weighted by molar-refractivity contribution is 5.76. The molecule has 276 valence electrons. The number of ether oxygens (including phenoxy) is 1. The number of carbonyl (C=O) groups excluding carboxylic acids is 1. The molecule has 0 aromatic rings. The molecule has 0 unspecified atom stereocenters. The van der Waals surface area contributed by atoms with Crippen LogP contribution in [0.2, 0.25) is 0 Å². The minimum absolute atomic E-state index is 0.0991. The van der Waals surface area contributed by atoms with Crippen LogP contribution < -0.4 is 0 Å². The lowest BCUT2D eigenvalue weighted by molar-refractivity contribution is -0.254. The first-order chi connectivity index (χ1) is 23.0. The molecule has 47 heavy (non-hydrogen) atoms. The minimum atomic E-state index is -1.49. The Labute approximate surface area is 288 Å². The molecule has 0 saturated carbocycles. The van der Waals surface area contributed by atoms with Gasteiger partial charge in [0.1, 0.15) is 18.3 Å². The second-order valence-electron chi connectivity index (χ2n) is 14.1. The van der Waals surface area contributed by atoms with Gasteiger partial charge in [-0.3, -0.25) is 4.79 Å². The van der Waals surface area contributed by atoms with Crippen molar-refractivity contribution >= 4 is 5.91 Å². The number of unbranched alkanes of at least 4 members (excludes halogenated alkanes) is 25. The molecule has 0 spiro atoms. The van der Waals surface area contributed by atoms with Gasteiger partial charge in [-0.25, -0.2) is 0 Å². The zero-order chi connectivity index (χ0) is 34.4. The Bertz CT molecular complexity index is 781. The van der Waals surface area contributed by atoms with Crippen molar-refractivity contribution in [2.75, 3.05) is 13.1 Å². The summed E-state index contributed by atoms with van der Waals surface area (Å²) in [4.78, 5) is 17.8. The maximum Gasteiger partial charge on any atom is 0.224 e. The fourth-order valence-corrected chi connectivity index (χ4v) is 6.76. The maximum atomic E-state index is 13.5. The predicted molar refractivity (Wildman–Crippen MR) is 193 cm³/mol. The Morgan fingerprint density at radius 2 is 0.979 bits per heavy atom. The third-order valence-corrected chi connectivity index (χ3v) is 9.89. The number of nitrogens with zero attached hydrogens (tertiary/aromatic N) is 4.